The zero-order valence-corrected chi connectivity index (χ0v) is 14.4. The molecule has 0 aromatic carbocycles. The van der Waals surface area contributed by atoms with Crippen molar-refractivity contribution in [3.8, 4) is 10.6 Å². The van der Waals surface area contributed by atoms with E-state index in [-0.39, 0.29) is 18.0 Å². The average molecular weight is 341 g/mol. The molecular weight excluding hydrogens is 322 g/mol. The third-order valence-electron chi connectivity index (χ3n) is 4.82. The summed E-state index contributed by atoms with van der Waals surface area (Å²) in [5.41, 5.74) is 2.28. The number of pyridine rings is 1. The zero-order valence-electron chi connectivity index (χ0n) is 13.6. The van der Waals surface area contributed by atoms with E-state index in [2.05, 4.69) is 4.98 Å². The molecule has 2 aliphatic rings. The molecule has 5 nitrogen and oxygen atoms in total. The number of aryl methyl sites for hydroxylation is 1. The molecule has 2 aromatic rings. The summed E-state index contributed by atoms with van der Waals surface area (Å²) in [6, 6.07) is 7.80. The minimum atomic E-state index is -0.0740. The summed E-state index contributed by atoms with van der Waals surface area (Å²) in [5, 5.41) is 2.02. The molecule has 0 saturated carbocycles. The molecule has 2 aromatic heterocycles. The minimum Gasteiger partial charge on any atom is -0.322 e. The molecule has 2 fully saturated rings. The second-order valence-corrected chi connectivity index (χ2v) is 7.21. The molecular formula is C18H19N3O2S. The summed E-state index contributed by atoms with van der Waals surface area (Å²) >= 11 is 1.64. The molecule has 4 heterocycles. The van der Waals surface area contributed by atoms with Gasteiger partial charge in [-0.25, -0.2) is 0 Å². The van der Waals surface area contributed by atoms with E-state index in [1.807, 2.05) is 46.4 Å². The number of nitrogens with zero attached hydrogens (tertiary/aromatic N) is 3. The Hall–Kier alpha value is -2.21. The molecule has 24 heavy (non-hydrogen) atoms. The lowest BCUT2D eigenvalue weighted by Crippen LogP contribution is -2.55. The van der Waals surface area contributed by atoms with E-state index >= 15 is 0 Å². The van der Waals surface area contributed by atoms with Crippen LogP contribution in [0.4, 0.5) is 0 Å². The monoisotopic (exact) mass is 341 g/mol. The van der Waals surface area contributed by atoms with Crippen LogP contribution in [-0.2, 0) is 4.79 Å². The van der Waals surface area contributed by atoms with Gasteiger partial charge in [-0.1, -0.05) is 6.07 Å². The number of rotatable bonds is 2. The van der Waals surface area contributed by atoms with Gasteiger partial charge < -0.3 is 9.80 Å². The predicted molar refractivity (Wildman–Crippen MR) is 92.7 cm³/mol. The normalized spacial score (nSPS) is 20.4. The van der Waals surface area contributed by atoms with E-state index in [4.69, 9.17) is 0 Å². The van der Waals surface area contributed by atoms with Gasteiger partial charge >= 0.3 is 0 Å². The van der Waals surface area contributed by atoms with Gasteiger partial charge in [0, 0.05) is 19.5 Å². The van der Waals surface area contributed by atoms with Crippen molar-refractivity contribution in [2.75, 3.05) is 13.1 Å². The average Bonchev–Trinajstić information content (AvgIpc) is 3.26. The minimum absolute atomic E-state index is 0.0119. The van der Waals surface area contributed by atoms with Gasteiger partial charge in [-0.15, -0.1) is 11.3 Å². The molecule has 0 N–H and O–H groups in total. The number of aromatic nitrogens is 1. The smallest absolute Gasteiger partial charge is 0.257 e. The molecule has 2 saturated heterocycles. The van der Waals surface area contributed by atoms with Gasteiger partial charge in [-0.2, -0.15) is 0 Å². The maximum Gasteiger partial charge on any atom is 0.257 e. The summed E-state index contributed by atoms with van der Waals surface area (Å²) < 4.78 is 0. The second-order valence-electron chi connectivity index (χ2n) is 6.27. The van der Waals surface area contributed by atoms with Crippen molar-refractivity contribution in [1.82, 2.24) is 14.8 Å². The van der Waals surface area contributed by atoms with Crippen LogP contribution in [0.3, 0.4) is 0 Å². The van der Waals surface area contributed by atoms with Crippen molar-refractivity contribution in [3.05, 3.63) is 40.9 Å². The molecule has 6 heteroatoms. The number of hydrogen-bond acceptors (Lipinski definition) is 4. The Kier molecular flexibility index (Phi) is 3.84. The summed E-state index contributed by atoms with van der Waals surface area (Å²) in [6.07, 6.45) is 2.18. The van der Waals surface area contributed by atoms with Crippen LogP contribution in [0.25, 0.3) is 10.6 Å². The topological polar surface area (TPSA) is 53.5 Å². The van der Waals surface area contributed by atoms with Crippen LogP contribution in [-0.4, -0.2) is 45.9 Å². The number of hydrogen-bond donors (Lipinski definition) is 0. The lowest BCUT2D eigenvalue weighted by Gasteiger charge is -2.39. The van der Waals surface area contributed by atoms with Crippen LogP contribution >= 0.6 is 11.3 Å². The van der Waals surface area contributed by atoms with E-state index < -0.39 is 0 Å². The first-order chi connectivity index (χ1) is 11.6. The van der Waals surface area contributed by atoms with Crippen LogP contribution in [0.15, 0.2) is 29.6 Å². The van der Waals surface area contributed by atoms with Gasteiger partial charge in [0.25, 0.3) is 5.91 Å². The van der Waals surface area contributed by atoms with Gasteiger partial charge in [0.15, 0.2) is 0 Å². The van der Waals surface area contributed by atoms with Crippen molar-refractivity contribution in [3.63, 3.8) is 0 Å². The molecule has 124 valence electrons. The van der Waals surface area contributed by atoms with E-state index in [0.29, 0.717) is 18.5 Å². The second kappa shape index (κ2) is 6.02. The van der Waals surface area contributed by atoms with E-state index in [1.54, 1.807) is 11.3 Å². The highest BCUT2D eigenvalue weighted by Crippen LogP contribution is 2.29. The SMILES string of the molecule is Cc1nc(-c2cccs2)ccc1C(=O)N1CCC(=O)N2CCCC21. The Morgan fingerprint density at radius 2 is 2.17 bits per heavy atom. The van der Waals surface area contributed by atoms with Crippen LogP contribution in [0, 0.1) is 6.92 Å². The van der Waals surface area contributed by atoms with Crippen molar-refractivity contribution >= 4 is 23.2 Å². The van der Waals surface area contributed by atoms with Crippen LogP contribution < -0.4 is 0 Å². The number of amides is 2. The molecule has 2 aliphatic heterocycles. The molecule has 1 unspecified atom stereocenters. The van der Waals surface area contributed by atoms with Gasteiger partial charge in [0.05, 0.1) is 21.8 Å². The summed E-state index contributed by atoms with van der Waals surface area (Å²) in [5.74, 6) is 0.159. The van der Waals surface area contributed by atoms with Gasteiger partial charge in [-0.05, 0) is 43.3 Å². The van der Waals surface area contributed by atoms with Gasteiger partial charge in [-0.3, -0.25) is 14.6 Å². The standard InChI is InChI=1S/C18H19N3O2S/c1-12-13(6-7-14(19-12)15-4-3-11-24-15)18(23)21-10-8-17(22)20-9-2-5-16(20)21/h3-4,6-7,11,16H,2,5,8-10H2,1H3. The van der Waals surface area contributed by atoms with Crippen molar-refractivity contribution < 1.29 is 9.59 Å². The van der Waals surface area contributed by atoms with E-state index in [1.165, 1.54) is 0 Å². The zero-order chi connectivity index (χ0) is 16.7. The third kappa shape index (κ3) is 2.51. The fourth-order valence-corrected chi connectivity index (χ4v) is 4.31. The molecule has 1 atom stereocenters. The Bertz CT molecular complexity index is 788. The van der Waals surface area contributed by atoms with Crippen LogP contribution in [0.2, 0.25) is 0 Å². The molecule has 2 amide bonds. The van der Waals surface area contributed by atoms with Crippen molar-refractivity contribution in [2.24, 2.45) is 0 Å². The first-order valence-corrected chi connectivity index (χ1v) is 9.15. The first kappa shape index (κ1) is 15.3. The number of thiophene rings is 1. The summed E-state index contributed by atoms with van der Waals surface area (Å²) in [6.45, 7) is 3.15. The number of carbonyl (C=O) groups excluding carboxylic acids is 2. The molecule has 4 rings (SSSR count). The van der Waals surface area contributed by atoms with Crippen LogP contribution in [0.5, 0.6) is 0 Å². The highest BCUT2D eigenvalue weighted by atomic mass is 32.1. The molecule has 0 spiro atoms. The number of fused-ring (bicyclic) bond motifs is 1. The van der Waals surface area contributed by atoms with Crippen molar-refractivity contribution in [1.29, 1.82) is 0 Å². The Morgan fingerprint density at radius 3 is 2.92 bits per heavy atom. The lowest BCUT2D eigenvalue weighted by molar-refractivity contribution is -0.139. The highest BCUT2D eigenvalue weighted by molar-refractivity contribution is 7.13. The molecule has 0 aliphatic carbocycles. The van der Waals surface area contributed by atoms with Gasteiger partial charge in [0.1, 0.15) is 6.17 Å². The Morgan fingerprint density at radius 1 is 1.29 bits per heavy atom. The van der Waals surface area contributed by atoms with E-state index in [9.17, 15) is 9.59 Å². The maximum absolute atomic E-state index is 13.0. The highest BCUT2D eigenvalue weighted by Gasteiger charge is 2.39. The van der Waals surface area contributed by atoms with E-state index in [0.717, 1.165) is 35.7 Å². The maximum atomic E-state index is 13.0. The summed E-state index contributed by atoms with van der Waals surface area (Å²) in [7, 11) is 0. The predicted octanol–water partition coefficient (Wildman–Crippen LogP) is 2.91. The quantitative estimate of drug-likeness (QED) is 0.844. The molecule has 0 radical (unpaired) electrons. The molecule has 0 bridgehead atoms. The largest absolute Gasteiger partial charge is 0.322 e. The Balaban J connectivity index is 1.61. The fourth-order valence-electron chi connectivity index (χ4n) is 3.61. The van der Waals surface area contributed by atoms with Crippen molar-refractivity contribution in [2.45, 2.75) is 32.4 Å². The number of carbonyl (C=O) groups is 2. The first-order valence-electron chi connectivity index (χ1n) is 8.27. The van der Waals surface area contributed by atoms with Gasteiger partial charge in [0.2, 0.25) is 5.91 Å². The lowest BCUT2D eigenvalue weighted by atomic mass is 10.1. The third-order valence-corrected chi connectivity index (χ3v) is 5.71. The fraction of sp³-hybridized carbons (Fsp3) is 0.389. The van der Waals surface area contributed by atoms with Crippen LogP contribution in [0.1, 0.15) is 35.3 Å². The summed E-state index contributed by atoms with van der Waals surface area (Å²) in [4.78, 5) is 34.4. The Labute approximate surface area is 144 Å².